The van der Waals surface area contributed by atoms with Crippen molar-refractivity contribution in [1.29, 1.82) is 0 Å². The average molecular weight is 262 g/mol. The molecular formula is C15H22N2O2. The van der Waals surface area contributed by atoms with Crippen LogP contribution in [-0.4, -0.2) is 18.1 Å². The molecule has 1 heterocycles. The largest absolute Gasteiger partial charge is 0.494 e. The number of benzene rings is 1. The van der Waals surface area contributed by atoms with E-state index in [1.807, 2.05) is 18.2 Å². The van der Waals surface area contributed by atoms with Crippen LogP contribution < -0.4 is 10.5 Å². The molecule has 0 radical (unpaired) electrons. The number of aromatic nitrogens is 1. The molecule has 0 saturated heterocycles. The first-order valence-electron chi connectivity index (χ1n) is 6.57. The van der Waals surface area contributed by atoms with Gasteiger partial charge in [0.05, 0.1) is 7.11 Å². The summed E-state index contributed by atoms with van der Waals surface area (Å²) in [6, 6.07) is 5.72. The number of nitrogens with two attached hydrogens (primary N) is 1. The molecule has 1 unspecified atom stereocenters. The third-order valence-electron chi connectivity index (χ3n) is 2.96. The fourth-order valence-electron chi connectivity index (χ4n) is 2.30. The molecule has 104 valence electrons. The Kier molecular flexibility index (Phi) is 3.80. The number of para-hydroxylation sites is 1. The quantitative estimate of drug-likeness (QED) is 0.919. The Bertz CT molecular complexity index is 555. The van der Waals surface area contributed by atoms with E-state index in [0.29, 0.717) is 12.3 Å². The normalized spacial score (nSPS) is 13.7. The maximum atomic E-state index is 6.15. The zero-order valence-corrected chi connectivity index (χ0v) is 12.1. The van der Waals surface area contributed by atoms with Crippen molar-refractivity contribution in [3.8, 4) is 5.75 Å². The van der Waals surface area contributed by atoms with E-state index in [9.17, 15) is 0 Å². The predicted molar refractivity (Wildman–Crippen MR) is 76.3 cm³/mol. The van der Waals surface area contributed by atoms with E-state index in [2.05, 4.69) is 25.8 Å². The van der Waals surface area contributed by atoms with Crippen molar-refractivity contribution in [2.75, 3.05) is 7.11 Å². The van der Waals surface area contributed by atoms with Gasteiger partial charge in [-0.25, -0.2) is 4.98 Å². The Morgan fingerprint density at radius 3 is 2.74 bits per heavy atom. The van der Waals surface area contributed by atoms with E-state index in [4.69, 9.17) is 14.9 Å². The molecule has 19 heavy (non-hydrogen) atoms. The van der Waals surface area contributed by atoms with E-state index in [1.54, 1.807) is 7.11 Å². The van der Waals surface area contributed by atoms with Crippen LogP contribution in [0.25, 0.3) is 11.1 Å². The van der Waals surface area contributed by atoms with Gasteiger partial charge >= 0.3 is 0 Å². The van der Waals surface area contributed by atoms with Crippen molar-refractivity contribution in [1.82, 2.24) is 4.98 Å². The summed E-state index contributed by atoms with van der Waals surface area (Å²) in [7, 11) is 1.63. The van der Waals surface area contributed by atoms with Gasteiger partial charge in [0.25, 0.3) is 0 Å². The van der Waals surface area contributed by atoms with E-state index in [1.165, 1.54) is 0 Å². The van der Waals surface area contributed by atoms with Crippen molar-refractivity contribution in [3.05, 3.63) is 24.1 Å². The van der Waals surface area contributed by atoms with Crippen LogP contribution in [-0.2, 0) is 6.42 Å². The van der Waals surface area contributed by atoms with Crippen LogP contribution in [0, 0.1) is 5.41 Å². The minimum atomic E-state index is 0.0547. The minimum absolute atomic E-state index is 0.0547. The Labute approximate surface area is 114 Å². The van der Waals surface area contributed by atoms with Crippen molar-refractivity contribution in [2.45, 2.75) is 39.7 Å². The van der Waals surface area contributed by atoms with Gasteiger partial charge in [-0.3, -0.25) is 0 Å². The molecule has 4 nitrogen and oxygen atoms in total. The standard InChI is InChI=1S/C15H22N2O2/c1-15(2,3)9-10(16)8-13-17-14-11(18-4)6-5-7-12(14)19-13/h5-7,10H,8-9,16H2,1-4H3. The Hall–Kier alpha value is -1.55. The van der Waals surface area contributed by atoms with E-state index >= 15 is 0 Å². The number of hydrogen-bond donors (Lipinski definition) is 1. The second-order valence-corrected chi connectivity index (χ2v) is 6.14. The number of nitrogens with zero attached hydrogens (tertiary/aromatic N) is 1. The molecule has 2 rings (SSSR count). The smallest absolute Gasteiger partial charge is 0.197 e. The summed E-state index contributed by atoms with van der Waals surface area (Å²) >= 11 is 0. The lowest BCUT2D eigenvalue weighted by Crippen LogP contribution is -2.28. The van der Waals surface area contributed by atoms with Crippen LogP contribution in [0.2, 0.25) is 0 Å². The number of hydrogen-bond acceptors (Lipinski definition) is 4. The van der Waals surface area contributed by atoms with E-state index in [-0.39, 0.29) is 11.5 Å². The summed E-state index contributed by atoms with van der Waals surface area (Å²) in [5.41, 5.74) is 7.88. The van der Waals surface area contributed by atoms with Gasteiger partial charge in [0, 0.05) is 12.5 Å². The van der Waals surface area contributed by atoms with Gasteiger partial charge in [-0.2, -0.15) is 0 Å². The summed E-state index contributed by atoms with van der Waals surface area (Å²) in [5.74, 6) is 1.41. The highest BCUT2D eigenvalue weighted by molar-refractivity contribution is 5.79. The van der Waals surface area contributed by atoms with Crippen LogP contribution in [0.4, 0.5) is 0 Å². The minimum Gasteiger partial charge on any atom is -0.494 e. The Morgan fingerprint density at radius 1 is 1.37 bits per heavy atom. The molecule has 0 bridgehead atoms. The van der Waals surface area contributed by atoms with Gasteiger partial charge in [-0.1, -0.05) is 26.8 Å². The first-order valence-corrected chi connectivity index (χ1v) is 6.57. The van der Waals surface area contributed by atoms with Crippen LogP contribution in [0.15, 0.2) is 22.6 Å². The van der Waals surface area contributed by atoms with Gasteiger partial charge in [-0.15, -0.1) is 0 Å². The van der Waals surface area contributed by atoms with E-state index in [0.717, 1.165) is 23.3 Å². The number of methoxy groups -OCH3 is 1. The molecule has 0 aliphatic heterocycles. The molecule has 0 saturated carbocycles. The van der Waals surface area contributed by atoms with Crippen molar-refractivity contribution in [2.24, 2.45) is 11.1 Å². The summed E-state index contributed by atoms with van der Waals surface area (Å²) in [6.45, 7) is 6.55. The van der Waals surface area contributed by atoms with E-state index < -0.39 is 0 Å². The molecule has 0 aliphatic carbocycles. The van der Waals surface area contributed by atoms with Crippen molar-refractivity contribution in [3.63, 3.8) is 0 Å². The zero-order valence-electron chi connectivity index (χ0n) is 12.1. The summed E-state index contributed by atoms with van der Waals surface area (Å²) in [4.78, 5) is 4.48. The summed E-state index contributed by atoms with van der Waals surface area (Å²) < 4.78 is 11.0. The lowest BCUT2D eigenvalue weighted by atomic mass is 9.87. The lowest BCUT2D eigenvalue weighted by molar-refractivity contribution is 0.329. The van der Waals surface area contributed by atoms with Crippen LogP contribution >= 0.6 is 0 Å². The van der Waals surface area contributed by atoms with Gasteiger partial charge in [0.2, 0.25) is 0 Å². The number of fused-ring (bicyclic) bond motifs is 1. The fourth-order valence-corrected chi connectivity index (χ4v) is 2.30. The third-order valence-corrected chi connectivity index (χ3v) is 2.96. The summed E-state index contributed by atoms with van der Waals surface area (Å²) in [6.07, 6.45) is 1.58. The Balaban J connectivity index is 2.18. The van der Waals surface area contributed by atoms with Crippen molar-refractivity contribution < 1.29 is 9.15 Å². The highest BCUT2D eigenvalue weighted by Gasteiger charge is 2.18. The highest BCUT2D eigenvalue weighted by atomic mass is 16.5. The molecule has 1 atom stereocenters. The monoisotopic (exact) mass is 262 g/mol. The molecule has 2 aromatic rings. The number of oxazole rings is 1. The van der Waals surface area contributed by atoms with Gasteiger partial charge in [0.1, 0.15) is 5.75 Å². The number of ether oxygens (including phenoxy) is 1. The SMILES string of the molecule is COc1cccc2oc(CC(N)CC(C)(C)C)nc12. The second-order valence-electron chi connectivity index (χ2n) is 6.14. The zero-order chi connectivity index (χ0) is 14.0. The molecule has 1 aromatic heterocycles. The Morgan fingerprint density at radius 2 is 2.11 bits per heavy atom. The topological polar surface area (TPSA) is 61.3 Å². The second kappa shape index (κ2) is 5.21. The summed E-state index contributed by atoms with van der Waals surface area (Å²) in [5, 5.41) is 0. The van der Waals surface area contributed by atoms with Crippen LogP contribution in [0.5, 0.6) is 5.75 Å². The average Bonchev–Trinajstić information content (AvgIpc) is 2.67. The maximum Gasteiger partial charge on any atom is 0.197 e. The highest BCUT2D eigenvalue weighted by Crippen LogP contribution is 2.27. The first kappa shape index (κ1) is 13.9. The first-order chi connectivity index (χ1) is 8.89. The van der Waals surface area contributed by atoms with Crippen LogP contribution in [0.1, 0.15) is 33.1 Å². The molecule has 0 fully saturated rings. The molecule has 2 N–H and O–H groups in total. The molecule has 4 heteroatoms. The van der Waals surface area contributed by atoms with Crippen LogP contribution in [0.3, 0.4) is 0 Å². The third kappa shape index (κ3) is 3.47. The molecule has 1 aromatic carbocycles. The molecule has 0 aliphatic rings. The fraction of sp³-hybridized carbons (Fsp3) is 0.533. The molecule has 0 amide bonds. The van der Waals surface area contributed by atoms with Gasteiger partial charge < -0.3 is 14.9 Å². The predicted octanol–water partition coefficient (Wildman–Crippen LogP) is 3.14. The van der Waals surface area contributed by atoms with Gasteiger partial charge in [-0.05, 0) is 24.0 Å². The maximum absolute atomic E-state index is 6.15. The van der Waals surface area contributed by atoms with Crippen molar-refractivity contribution >= 4 is 11.1 Å². The lowest BCUT2D eigenvalue weighted by Gasteiger charge is -2.22. The molecular weight excluding hydrogens is 240 g/mol. The van der Waals surface area contributed by atoms with Gasteiger partial charge in [0.15, 0.2) is 17.0 Å². The number of rotatable bonds is 4. The molecule has 0 spiro atoms.